The molecule has 0 amide bonds. The average Bonchev–Trinajstić information content (AvgIpc) is 2.37. The van der Waals surface area contributed by atoms with E-state index in [9.17, 15) is 0 Å². The van der Waals surface area contributed by atoms with Crippen molar-refractivity contribution in [3.05, 3.63) is 0 Å². The average molecular weight is 416 g/mol. The Hall–Kier alpha value is 0.310. The van der Waals surface area contributed by atoms with Crippen LogP contribution in [0.5, 0.6) is 0 Å². The van der Waals surface area contributed by atoms with E-state index in [-0.39, 0.29) is 28.7 Å². The maximum absolute atomic E-state index is 4.26. The van der Waals surface area contributed by atoms with E-state index in [1.807, 2.05) is 18.8 Å². The molecule has 0 unspecified atom stereocenters. The minimum atomic E-state index is 0. The van der Waals surface area contributed by atoms with Crippen LogP contribution in [0.3, 0.4) is 0 Å². The Balaban J connectivity index is 0. The summed E-state index contributed by atoms with van der Waals surface area (Å²) >= 11 is 1.86. The van der Waals surface area contributed by atoms with Gasteiger partial charge in [0.15, 0.2) is 5.96 Å². The Morgan fingerprint density at radius 1 is 1.30 bits per heavy atom. The molecule has 0 spiro atoms. The molecule has 122 valence electrons. The van der Waals surface area contributed by atoms with Crippen molar-refractivity contribution in [2.24, 2.45) is 4.99 Å². The van der Waals surface area contributed by atoms with Crippen LogP contribution < -0.4 is 10.6 Å². The maximum Gasteiger partial charge on any atom is 0.191 e. The Kier molecular flexibility index (Phi) is 13.5. The predicted molar refractivity (Wildman–Crippen MR) is 105 cm³/mol. The molecule has 0 rings (SSSR count). The molecule has 0 aliphatic rings. The molecule has 0 bridgehead atoms. The number of nitrogens with one attached hydrogen (secondary N) is 2. The van der Waals surface area contributed by atoms with E-state index < -0.39 is 0 Å². The molecule has 0 aliphatic carbocycles. The van der Waals surface area contributed by atoms with E-state index in [1.54, 1.807) is 0 Å². The first-order chi connectivity index (χ1) is 8.86. The summed E-state index contributed by atoms with van der Waals surface area (Å²) < 4.78 is 0.227. The molecule has 20 heavy (non-hydrogen) atoms. The number of hydrogen-bond donors (Lipinski definition) is 2. The number of hydrogen-bond acceptors (Lipinski definition) is 3. The second-order valence-corrected chi connectivity index (χ2v) is 7.05. The van der Waals surface area contributed by atoms with Crippen LogP contribution in [-0.2, 0) is 0 Å². The third kappa shape index (κ3) is 10.1. The van der Waals surface area contributed by atoms with Gasteiger partial charge in [-0.2, -0.15) is 11.8 Å². The molecule has 0 aromatic carbocycles. The summed E-state index contributed by atoms with van der Waals surface area (Å²) in [5.41, 5.74) is 0. The molecule has 0 aliphatic heterocycles. The highest BCUT2D eigenvalue weighted by atomic mass is 127. The van der Waals surface area contributed by atoms with Crippen molar-refractivity contribution in [2.75, 3.05) is 39.5 Å². The molecule has 0 radical (unpaired) electrons. The van der Waals surface area contributed by atoms with Crippen LogP contribution >= 0.6 is 35.7 Å². The largest absolute Gasteiger partial charge is 0.355 e. The summed E-state index contributed by atoms with van der Waals surface area (Å²) in [7, 11) is 1.82. The predicted octanol–water partition coefficient (Wildman–Crippen LogP) is 2.64. The lowest BCUT2D eigenvalue weighted by atomic mass is 10.2. The first-order valence-corrected chi connectivity index (χ1v) is 8.32. The van der Waals surface area contributed by atoms with E-state index in [4.69, 9.17) is 0 Å². The number of aliphatic imine (C=N–C) groups is 1. The molecule has 0 heterocycles. The van der Waals surface area contributed by atoms with Gasteiger partial charge in [0.2, 0.25) is 0 Å². The summed E-state index contributed by atoms with van der Waals surface area (Å²) in [5, 5.41) is 6.75. The second kappa shape index (κ2) is 11.9. The minimum Gasteiger partial charge on any atom is -0.355 e. The highest BCUT2D eigenvalue weighted by Crippen LogP contribution is 2.19. The van der Waals surface area contributed by atoms with Gasteiger partial charge >= 0.3 is 0 Å². The standard InChI is InChI=1S/C14H32N4S.HI/c1-8-18(12(2)3)10-9-16-13(15-6)17-11-14(4,5)19-7;/h12H,8-11H2,1-7H3,(H2,15,16,17);1H. The maximum atomic E-state index is 4.26. The van der Waals surface area contributed by atoms with Crippen molar-refractivity contribution in [3.8, 4) is 0 Å². The van der Waals surface area contributed by atoms with Crippen LogP contribution in [0.15, 0.2) is 4.99 Å². The van der Waals surface area contributed by atoms with Crippen molar-refractivity contribution >= 4 is 41.7 Å². The van der Waals surface area contributed by atoms with Gasteiger partial charge in [-0.3, -0.25) is 9.89 Å². The summed E-state index contributed by atoms with van der Waals surface area (Å²) in [4.78, 5) is 6.70. The molecule has 0 aromatic heterocycles. The highest BCUT2D eigenvalue weighted by molar-refractivity contribution is 14.0. The fourth-order valence-electron chi connectivity index (χ4n) is 1.69. The quantitative estimate of drug-likeness (QED) is 0.363. The molecular formula is C14H33IN4S. The van der Waals surface area contributed by atoms with Crippen molar-refractivity contribution in [2.45, 2.75) is 45.4 Å². The third-order valence-electron chi connectivity index (χ3n) is 3.29. The SMILES string of the molecule is CCN(CCNC(=NC)NCC(C)(C)SC)C(C)C.I. The number of thioether (sulfide) groups is 1. The summed E-state index contributed by atoms with van der Waals surface area (Å²) in [6.07, 6.45) is 2.14. The fourth-order valence-corrected chi connectivity index (χ4v) is 1.91. The minimum absolute atomic E-state index is 0. The normalized spacial score (nSPS) is 12.6. The first-order valence-electron chi connectivity index (χ1n) is 7.10. The van der Waals surface area contributed by atoms with Gasteiger partial charge in [0.05, 0.1) is 0 Å². The number of rotatable bonds is 8. The van der Waals surface area contributed by atoms with E-state index in [0.29, 0.717) is 6.04 Å². The Morgan fingerprint density at radius 2 is 1.90 bits per heavy atom. The van der Waals surface area contributed by atoms with Crippen molar-refractivity contribution in [3.63, 3.8) is 0 Å². The van der Waals surface area contributed by atoms with Crippen molar-refractivity contribution in [1.82, 2.24) is 15.5 Å². The van der Waals surface area contributed by atoms with Gasteiger partial charge in [-0.15, -0.1) is 24.0 Å². The Bertz CT molecular complexity index is 270. The second-order valence-electron chi connectivity index (χ2n) is 5.54. The number of likely N-dealkylation sites (N-methyl/N-ethyl adjacent to an activating group) is 1. The number of nitrogens with zero attached hydrogens (tertiary/aromatic N) is 2. The number of halogens is 1. The van der Waals surface area contributed by atoms with E-state index in [2.05, 4.69) is 61.4 Å². The molecule has 0 saturated heterocycles. The van der Waals surface area contributed by atoms with E-state index in [1.165, 1.54) is 0 Å². The molecule has 0 fully saturated rings. The Morgan fingerprint density at radius 3 is 2.30 bits per heavy atom. The lowest BCUT2D eigenvalue weighted by molar-refractivity contribution is 0.237. The summed E-state index contributed by atoms with van der Waals surface area (Å²) in [6.45, 7) is 15.1. The Labute approximate surface area is 147 Å². The highest BCUT2D eigenvalue weighted by Gasteiger charge is 2.16. The summed E-state index contributed by atoms with van der Waals surface area (Å²) in [5.74, 6) is 0.891. The molecule has 0 atom stereocenters. The van der Waals surface area contributed by atoms with Crippen molar-refractivity contribution in [1.29, 1.82) is 0 Å². The van der Waals surface area contributed by atoms with Gasteiger partial charge in [0, 0.05) is 37.5 Å². The van der Waals surface area contributed by atoms with Crippen LogP contribution in [0.25, 0.3) is 0 Å². The zero-order valence-electron chi connectivity index (χ0n) is 14.1. The van der Waals surface area contributed by atoms with Gasteiger partial charge in [0.25, 0.3) is 0 Å². The number of guanidine groups is 1. The van der Waals surface area contributed by atoms with Crippen LogP contribution in [-0.4, -0.2) is 61.1 Å². The first kappa shape index (κ1) is 22.6. The van der Waals surface area contributed by atoms with E-state index in [0.717, 1.165) is 32.1 Å². The fraction of sp³-hybridized carbons (Fsp3) is 0.929. The van der Waals surface area contributed by atoms with Crippen LogP contribution in [0, 0.1) is 0 Å². The molecular weight excluding hydrogens is 383 g/mol. The van der Waals surface area contributed by atoms with Crippen LogP contribution in [0.1, 0.15) is 34.6 Å². The van der Waals surface area contributed by atoms with Gasteiger partial charge in [0.1, 0.15) is 0 Å². The van der Waals surface area contributed by atoms with Crippen LogP contribution in [0.2, 0.25) is 0 Å². The molecule has 6 heteroatoms. The van der Waals surface area contributed by atoms with Gasteiger partial charge in [-0.25, -0.2) is 0 Å². The zero-order chi connectivity index (χ0) is 14.9. The smallest absolute Gasteiger partial charge is 0.191 e. The zero-order valence-corrected chi connectivity index (χ0v) is 17.3. The lowest BCUT2D eigenvalue weighted by Gasteiger charge is -2.26. The molecule has 4 nitrogen and oxygen atoms in total. The molecule has 0 aromatic rings. The monoisotopic (exact) mass is 416 g/mol. The van der Waals surface area contributed by atoms with Gasteiger partial charge in [-0.1, -0.05) is 6.92 Å². The van der Waals surface area contributed by atoms with Gasteiger partial charge in [-0.05, 0) is 40.5 Å². The third-order valence-corrected chi connectivity index (χ3v) is 4.54. The molecule has 0 saturated carbocycles. The topological polar surface area (TPSA) is 39.7 Å². The molecule has 2 N–H and O–H groups in total. The summed E-state index contributed by atoms with van der Waals surface area (Å²) in [6, 6.07) is 0.595. The van der Waals surface area contributed by atoms with Crippen molar-refractivity contribution < 1.29 is 0 Å². The van der Waals surface area contributed by atoms with Gasteiger partial charge < -0.3 is 10.6 Å². The lowest BCUT2D eigenvalue weighted by Crippen LogP contribution is -2.46. The van der Waals surface area contributed by atoms with Crippen LogP contribution in [0.4, 0.5) is 0 Å². The van der Waals surface area contributed by atoms with E-state index >= 15 is 0 Å².